The van der Waals surface area contributed by atoms with Gasteiger partial charge in [-0.2, -0.15) is 4.98 Å². The summed E-state index contributed by atoms with van der Waals surface area (Å²) in [5.74, 6) is 2.33. The van der Waals surface area contributed by atoms with Crippen LogP contribution in [0, 0.1) is 11.3 Å². The third-order valence-electron chi connectivity index (χ3n) is 6.07. The van der Waals surface area contributed by atoms with Gasteiger partial charge in [-0.3, -0.25) is 9.69 Å². The third kappa shape index (κ3) is 2.82. The second-order valence-corrected chi connectivity index (χ2v) is 8.35. The third-order valence-corrected chi connectivity index (χ3v) is 6.07. The molecule has 1 aromatic heterocycles. The molecule has 1 amide bonds. The number of nitrogens with zero attached hydrogens (tertiary/aromatic N) is 4. The van der Waals surface area contributed by atoms with Gasteiger partial charge in [0, 0.05) is 37.0 Å². The van der Waals surface area contributed by atoms with E-state index in [1.54, 1.807) is 0 Å². The van der Waals surface area contributed by atoms with E-state index in [9.17, 15) is 4.79 Å². The number of carbonyl (C=O) groups excluding carboxylic acids is 1. The van der Waals surface area contributed by atoms with Crippen molar-refractivity contribution in [2.24, 2.45) is 11.3 Å². The smallest absolute Gasteiger partial charge is 0.244 e. The lowest BCUT2D eigenvalue weighted by Gasteiger charge is -2.48. The molecule has 1 aliphatic carbocycles. The molecule has 1 atom stereocenters. The predicted octanol–water partition coefficient (Wildman–Crippen LogP) is 2.74. The minimum atomic E-state index is 0.139. The van der Waals surface area contributed by atoms with Gasteiger partial charge in [0.1, 0.15) is 0 Å². The Hall–Kier alpha value is -2.21. The number of hydrogen-bond acceptors (Lipinski definition) is 5. The molecule has 5 rings (SSSR count). The highest BCUT2D eigenvalue weighted by Crippen LogP contribution is 2.48. The molecule has 2 saturated heterocycles. The number of rotatable bonds is 4. The van der Waals surface area contributed by atoms with Gasteiger partial charge in [-0.25, -0.2) is 0 Å². The minimum absolute atomic E-state index is 0.139. The highest BCUT2D eigenvalue weighted by molar-refractivity contribution is 5.77. The molecular weight excluding hydrogens is 328 g/mol. The van der Waals surface area contributed by atoms with Crippen molar-refractivity contribution in [3.8, 4) is 11.4 Å². The van der Waals surface area contributed by atoms with E-state index in [1.165, 1.54) is 12.8 Å². The molecule has 6 nitrogen and oxygen atoms in total. The van der Waals surface area contributed by atoms with Crippen LogP contribution >= 0.6 is 0 Å². The van der Waals surface area contributed by atoms with E-state index < -0.39 is 0 Å². The zero-order valence-electron chi connectivity index (χ0n) is 15.1. The Labute approximate surface area is 153 Å². The van der Waals surface area contributed by atoms with E-state index in [1.807, 2.05) is 35.2 Å². The van der Waals surface area contributed by atoms with Crippen LogP contribution in [0.15, 0.2) is 34.9 Å². The monoisotopic (exact) mass is 352 g/mol. The average molecular weight is 352 g/mol. The van der Waals surface area contributed by atoms with Crippen molar-refractivity contribution >= 4 is 5.91 Å². The predicted molar refractivity (Wildman–Crippen MR) is 96.1 cm³/mol. The van der Waals surface area contributed by atoms with Crippen LogP contribution in [0.2, 0.25) is 0 Å². The lowest BCUT2D eigenvalue weighted by Crippen LogP contribution is -2.59. The Morgan fingerprint density at radius 1 is 1.23 bits per heavy atom. The van der Waals surface area contributed by atoms with Crippen LogP contribution in [-0.4, -0.2) is 52.5 Å². The molecule has 2 aromatic rings. The molecule has 3 heterocycles. The topological polar surface area (TPSA) is 62.5 Å². The van der Waals surface area contributed by atoms with Crippen LogP contribution in [0.1, 0.15) is 37.6 Å². The van der Waals surface area contributed by atoms with Crippen LogP contribution < -0.4 is 0 Å². The van der Waals surface area contributed by atoms with Gasteiger partial charge in [-0.05, 0) is 32.2 Å². The molecule has 1 aromatic carbocycles. The summed E-state index contributed by atoms with van der Waals surface area (Å²) in [4.78, 5) is 21.3. The Balaban J connectivity index is 1.26. The van der Waals surface area contributed by atoms with Gasteiger partial charge in [0.15, 0.2) is 0 Å². The Kier molecular flexibility index (Phi) is 3.64. The normalized spacial score (nSPS) is 24.8. The van der Waals surface area contributed by atoms with Crippen LogP contribution in [0.3, 0.4) is 0 Å². The van der Waals surface area contributed by atoms with E-state index in [-0.39, 0.29) is 11.5 Å². The molecule has 26 heavy (non-hydrogen) atoms. The van der Waals surface area contributed by atoms with Crippen molar-refractivity contribution in [1.29, 1.82) is 0 Å². The summed E-state index contributed by atoms with van der Waals surface area (Å²) in [6, 6.07) is 10.0. The number of carbonyl (C=O) groups is 1. The van der Waals surface area contributed by atoms with E-state index in [0.29, 0.717) is 23.5 Å². The fourth-order valence-corrected chi connectivity index (χ4v) is 4.49. The molecule has 6 heteroatoms. The summed E-state index contributed by atoms with van der Waals surface area (Å²) in [6.07, 6.45) is 4.19. The van der Waals surface area contributed by atoms with Crippen LogP contribution in [0.5, 0.6) is 0 Å². The van der Waals surface area contributed by atoms with Crippen LogP contribution in [-0.2, 0) is 4.79 Å². The minimum Gasteiger partial charge on any atom is -0.341 e. The SMILES string of the molecule is CN1CC2(CC1c1nc(-c3ccccc3)no1)CN(C(=O)CC1CC1)C2. The fourth-order valence-electron chi connectivity index (χ4n) is 4.49. The van der Waals surface area contributed by atoms with Gasteiger partial charge >= 0.3 is 0 Å². The lowest BCUT2D eigenvalue weighted by atomic mass is 9.77. The van der Waals surface area contributed by atoms with Gasteiger partial charge < -0.3 is 9.42 Å². The second kappa shape index (κ2) is 5.91. The van der Waals surface area contributed by atoms with Crippen molar-refractivity contribution in [3.05, 3.63) is 36.2 Å². The molecule has 1 unspecified atom stereocenters. The van der Waals surface area contributed by atoms with E-state index in [4.69, 9.17) is 4.52 Å². The van der Waals surface area contributed by atoms with Gasteiger partial charge in [0.2, 0.25) is 17.6 Å². The maximum absolute atomic E-state index is 12.3. The van der Waals surface area contributed by atoms with E-state index >= 15 is 0 Å². The molecule has 1 spiro atoms. The summed E-state index contributed by atoms with van der Waals surface area (Å²) in [6.45, 7) is 2.73. The zero-order chi connectivity index (χ0) is 17.7. The van der Waals surface area contributed by atoms with Crippen molar-refractivity contribution in [2.45, 2.75) is 31.7 Å². The number of amides is 1. The number of likely N-dealkylation sites (tertiary alicyclic amines) is 2. The van der Waals surface area contributed by atoms with Crippen LogP contribution in [0.25, 0.3) is 11.4 Å². The first-order chi connectivity index (χ1) is 12.6. The Morgan fingerprint density at radius 3 is 2.73 bits per heavy atom. The van der Waals surface area contributed by atoms with Crippen molar-refractivity contribution < 1.29 is 9.32 Å². The second-order valence-electron chi connectivity index (χ2n) is 8.35. The van der Waals surface area contributed by atoms with Gasteiger partial charge in [-0.15, -0.1) is 0 Å². The number of aromatic nitrogens is 2. The van der Waals surface area contributed by atoms with Crippen molar-refractivity contribution in [2.75, 3.05) is 26.7 Å². The summed E-state index contributed by atoms with van der Waals surface area (Å²) < 4.78 is 5.59. The van der Waals surface area contributed by atoms with Gasteiger partial charge in [-0.1, -0.05) is 35.5 Å². The fraction of sp³-hybridized carbons (Fsp3) is 0.550. The van der Waals surface area contributed by atoms with Crippen LogP contribution in [0.4, 0.5) is 0 Å². The summed E-state index contributed by atoms with van der Waals surface area (Å²) >= 11 is 0. The largest absolute Gasteiger partial charge is 0.341 e. The maximum Gasteiger partial charge on any atom is 0.244 e. The summed E-state index contributed by atoms with van der Waals surface area (Å²) in [5.41, 5.74) is 1.17. The van der Waals surface area contributed by atoms with E-state index in [0.717, 1.165) is 38.0 Å². The molecule has 1 saturated carbocycles. The standard InChI is InChI=1S/C20H24N4O2/c1-23-11-20(12-24(13-20)17(25)9-14-7-8-14)10-16(23)19-21-18(22-26-19)15-5-3-2-4-6-15/h2-6,14,16H,7-13H2,1H3. The zero-order valence-corrected chi connectivity index (χ0v) is 15.1. The first-order valence-corrected chi connectivity index (χ1v) is 9.49. The molecule has 136 valence electrons. The lowest BCUT2D eigenvalue weighted by molar-refractivity contribution is -0.143. The highest BCUT2D eigenvalue weighted by Gasteiger charge is 2.53. The first-order valence-electron chi connectivity index (χ1n) is 9.49. The average Bonchev–Trinajstić information content (AvgIpc) is 3.17. The Morgan fingerprint density at radius 2 is 2.00 bits per heavy atom. The first kappa shape index (κ1) is 16.0. The molecule has 0 N–H and O–H groups in total. The maximum atomic E-state index is 12.3. The molecule has 2 aliphatic heterocycles. The number of hydrogen-bond donors (Lipinski definition) is 0. The molecular formula is C20H24N4O2. The molecule has 0 radical (unpaired) electrons. The molecule has 0 bridgehead atoms. The van der Waals surface area contributed by atoms with Crippen molar-refractivity contribution in [3.63, 3.8) is 0 Å². The quantitative estimate of drug-likeness (QED) is 0.847. The highest BCUT2D eigenvalue weighted by atomic mass is 16.5. The van der Waals surface area contributed by atoms with Crippen molar-refractivity contribution in [1.82, 2.24) is 19.9 Å². The molecule has 3 aliphatic rings. The Bertz CT molecular complexity index is 808. The number of benzene rings is 1. The van der Waals surface area contributed by atoms with E-state index in [2.05, 4.69) is 22.1 Å². The van der Waals surface area contributed by atoms with Gasteiger partial charge in [0.25, 0.3) is 0 Å². The summed E-state index contributed by atoms with van der Waals surface area (Å²) in [5, 5.41) is 4.16. The van der Waals surface area contributed by atoms with Gasteiger partial charge in [0.05, 0.1) is 6.04 Å². The summed E-state index contributed by atoms with van der Waals surface area (Å²) in [7, 11) is 2.11. The molecule has 3 fully saturated rings.